The van der Waals surface area contributed by atoms with Crippen LogP contribution in [-0.2, 0) is 0 Å². The number of carbonyl (C=O) groups is 2. The van der Waals surface area contributed by atoms with Crippen molar-refractivity contribution in [2.45, 2.75) is 0 Å². The lowest BCUT2D eigenvalue weighted by Gasteiger charge is -2.04. The van der Waals surface area contributed by atoms with E-state index < -0.39 is 11.9 Å². The maximum Gasteiger partial charge on any atom is 0.335 e. The van der Waals surface area contributed by atoms with Crippen LogP contribution in [0.15, 0.2) is 41.5 Å². The van der Waals surface area contributed by atoms with E-state index in [4.69, 9.17) is 5.11 Å². The first-order chi connectivity index (χ1) is 9.06. The first kappa shape index (κ1) is 12.5. The largest absolute Gasteiger partial charge is 0.478 e. The van der Waals surface area contributed by atoms with Crippen molar-refractivity contribution >= 4 is 17.7 Å². The Labute approximate surface area is 106 Å². The van der Waals surface area contributed by atoms with Crippen LogP contribution in [0.25, 0.3) is 0 Å². The summed E-state index contributed by atoms with van der Waals surface area (Å²) in [5.74, 6) is -1.48. The molecule has 0 aliphatic carbocycles. The van der Waals surface area contributed by atoms with Crippen molar-refractivity contribution in [1.82, 2.24) is 9.97 Å². The number of pyridine rings is 2. The van der Waals surface area contributed by atoms with Gasteiger partial charge in [-0.3, -0.25) is 9.59 Å². The lowest BCUT2D eigenvalue weighted by Crippen LogP contribution is -2.15. The summed E-state index contributed by atoms with van der Waals surface area (Å²) in [6, 6.07) is 5.13. The minimum atomic E-state index is -1.11. The molecule has 0 aromatic carbocycles. The molecular formula is C12H9N3O4. The van der Waals surface area contributed by atoms with E-state index in [1.54, 1.807) is 0 Å². The van der Waals surface area contributed by atoms with Crippen molar-refractivity contribution in [3.05, 3.63) is 58.1 Å². The molecule has 0 saturated carbocycles. The number of aromatic nitrogens is 2. The Morgan fingerprint density at radius 1 is 1.21 bits per heavy atom. The Balaban J connectivity index is 2.19. The fraction of sp³-hybridized carbons (Fsp3) is 0. The van der Waals surface area contributed by atoms with E-state index in [1.807, 2.05) is 0 Å². The maximum absolute atomic E-state index is 11.8. The minimum absolute atomic E-state index is 0.0202. The summed E-state index contributed by atoms with van der Waals surface area (Å²) in [6.07, 6.45) is 2.55. The SMILES string of the molecule is O=C(O)c1ccnc(NC(=O)c2ccc(=O)[nH]c2)c1. The highest BCUT2D eigenvalue weighted by Gasteiger charge is 2.09. The molecule has 2 rings (SSSR count). The molecule has 3 N–H and O–H groups in total. The van der Waals surface area contributed by atoms with E-state index in [1.165, 1.54) is 36.7 Å². The molecule has 2 aromatic rings. The minimum Gasteiger partial charge on any atom is -0.478 e. The molecule has 0 saturated heterocycles. The van der Waals surface area contributed by atoms with Crippen LogP contribution in [0, 0.1) is 0 Å². The molecule has 0 atom stereocenters. The number of carboxylic acid groups (broad SMARTS) is 1. The zero-order chi connectivity index (χ0) is 13.8. The van der Waals surface area contributed by atoms with Crippen molar-refractivity contribution in [3.63, 3.8) is 0 Å². The normalized spacial score (nSPS) is 9.89. The summed E-state index contributed by atoms with van der Waals surface area (Å²) in [6.45, 7) is 0. The zero-order valence-corrected chi connectivity index (χ0v) is 9.58. The number of aromatic carboxylic acids is 1. The monoisotopic (exact) mass is 259 g/mol. The van der Waals surface area contributed by atoms with E-state index in [0.717, 1.165) is 0 Å². The molecule has 7 heteroatoms. The second kappa shape index (κ2) is 5.13. The van der Waals surface area contributed by atoms with Gasteiger partial charge in [-0.1, -0.05) is 0 Å². The van der Waals surface area contributed by atoms with Gasteiger partial charge in [-0.2, -0.15) is 0 Å². The number of hydrogen-bond acceptors (Lipinski definition) is 4. The second-order valence-corrected chi connectivity index (χ2v) is 3.63. The Bertz CT molecular complexity index is 673. The Morgan fingerprint density at radius 2 is 2.00 bits per heavy atom. The van der Waals surface area contributed by atoms with Crippen LogP contribution in [0.4, 0.5) is 5.82 Å². The molecule has 2 aromatic heterocycles. The van der Waals surface area contributed by atoms with Crippen LogP contribution < -0.4 is 10.9 Å². The number of aromatic amines is 1. The van der Waals surface area contributed by atoms with Gasteiger partial charge in [0.1, 0.15) is 5.82 Å². The third-order valence-corrected chi connectivity index (χ3v) is 2.29. The topological polar surface area (TPSA) is 112 Å². The zero-order valence-electron chi connectivity index (χ0n) is 9.58. The van der Waals surface area contributed by atoms with Crippen LogP contribution in [0.1, 0.15) is 20.7 Å². The number of hydrogen-bond donors (Lipinski definition) is 3. The maximum atomic E-state index is 11.8. The number of H-pyrrole nitrogens is 1. The predicted octanol–water partition coefficient (Wildman–Crippen LogP) is 0.720. The number of anilines is 1. The lowest BCUT2D eigenvalue weighted by atomic mass is 10.2. The summed E-state index contributed by atoms with van der Waals surface area (Å²) < 4.78 is 0. The standard InChI is InChI=1S/C12H9N3O4/c16-10-2-1-8(6-14-10)11(17)15-9-5-7(12(18)19)3-4-13-9/h1-6H,(H,14,16)(H,18,19)(H,13,15,17). The number of nitrogens with zero attached hydrogens (tertiary/aromatic N) is 1. The quantitative estimate of drug-likeness (QED) is 0.751. The summed E-state index contributed by atoms with van der Waals surface area (Å²) in [5.41, 5.74) is -0.0588. The van der Waals surface area contributed by atoms with E-state index in [-0.39, 0.29) is 22.5 Å². The highest BCUT2D eigenvalue weighted by Crippen LogP contribution is 2.08. The van der Waals surface area contributed by atoms with Gasteiger partial charge < -0.3 is 15.4 Å². The summed E-state index contributed by atoms with van der Waals surface area (Å²) >= 11 is 0. The highest BCUT2D eigenvalue weighted by atomic mass is 16.4. The van der Waals surface area contributed by atoms with Crippen molar-refractivity contribution in [2.75, 3.05) is 5.32 Å². The van der Waals surface area contributed by atoms with E-state index >= 15 is 0 Å². The predicted molar refractivity (Wildman–Crippen MR) is 66.2 cm³/mol. The summed E-state index contributed by atoms with van der Waals surface area (Å²) in [5, 5.41) is 11.2. The molecule has 0 radical (unpaired) electrons. The number of amides is 1. The third kappa shape index (κ3) is 3.03. The van der Waals surface area contributed by atoms with Crippen molar-refractivity contribution in [2.24, 2.45) is 0 Å². The number of carbonyl (C=O) groups excluding carboxylic acids is 1. The van der Waals surface area contributed by atoms with Crippen LogP contribution in [0.2, 0.25) is 0 Å². The smallest absolute Gasteiger partial charge is 0.335 e. The van der Waals surface area contributed by atoms with Crippen LogP contribution in [-0.4, -0.2) is 27.0 Å². The van der Waals surface area contributed by atoms with E-state index in [2.05, 4.69) is 15.3 Å². The molecule has 0 spiro atoms. The molecule has 0 aliphatic heterocycles. The molecule has 1 amide bonds. The van der Waals surface area contributed by atoms with Crippen LogP contribution in [0.3, 0.4) is 0 Å². The lowest BCUT2D eigenvalue weighted by molar-refractivity contribution is 0.0696. The molecule has 0 aliphatic rings. The van der Waals surface area contributed by atoms with Gasteiger partial charge in [-0.15, -0.1) is 0 Å². The number of rotatable bonds is 3. The van der Waals surface area contributed by atoms with Gasteiger partial charge in [0.05, 0.1) is 11.1 Å². The first-order valence-electron chi connectivity index (χ1n) is 5.26. The number of nitrogens with one attached hydrogen (secondary N) is 2. The van der Waals surface area contributed by atoms with Gasteiger partial charge in [0.2, 0.25) is 5.56 Å². The van der Waals surface area contributed by atoms with Gasteiger partial charge in [0, 0.05) is 18.5 Å². The van der Waals surface area contributed by atoms with E-state index in [9.17, 15) is 14.4 Å². The molecule has 0 unspecified atom stereocenters. The highest BCUT2D eigenvalue weighted by molar-refractivity contribution is 6.03. The second-order valence-electron chi connectivity index (χ2n) is 3.63. The van der Waals surface area contributed by atoms with Gasteiger partial charge in [0.15, 0.2) is 0 Å². The Kier molecular flexibility index (Phi) is 3.37. The van der Waals surface area contributed by atoms with Gasteiger partial charge >= 0.3 is 5.97 Å². The fourth-order valence-corrected chi connectivity index (χ4v) is 1.37. The van der Waals surface area contributed by atoms with E-state index in [0.29, 0.717) is 0 Å². The fourth-order valence-electron chi connectivity index (χ4n) is 1.37. The average molecular weight is 259 g/mol. The summed E-state index contributed by atoms with van der Waals surface area (Å²) in [7, 11) is 0. The Hall–Kier alpha value is -2.96. The first-order valence-corrected chi connectivity index (χ1v) is 5.26. The van der Waals surface area contributed by atoms with Gasteiger partial charge in [-0.05, 0) is 18.2 Å². The number of carboxylic acids is 1. The van der Waals surface area contributed by atoms with Crippen molar-refractivity contribution in [3.8, 4) is 0 Å². The summed E-state index contributed by atoms with van der Waals surface area (Å²) in [4.78, 5) is 39.6. The molecule has 19 heavy (non-hydrogen) atoms. The Morgan fingerprint density at radius 3 is 2.63 bits per heavy atom. The van der Waals surface area contributed by atoms with Gasteiger partial charge in [0.25, 0.3) is 5.91 Å². The molecule has 7 nitrogen and oxygen atoms in total. The molecule has 0 bridgehead atoms. The van der Waals surface area contributed by atoms with Crippen molar-refractivity contribution in [1.29, 1.82) is 0 Å². The van der Waals surface area contributed by atoms with Gasteiger partial charge in [-0.25, -0.2) is 9.78 Å². The molecule has 2 heterocycles. The molecule has 0 fully saturated rings. The molecular weight excluding hydrogens is 250 g/mol. The van der Waals surface area contributed by atoms with Crippen LogP contribution in [0.5, 0.6) is 0 Å². The third-order valence-electron chi connectivity index (χ3n) is 2.29. The van der Waals surface area contributed by atoms with Crippen molar-refractivity contribution < 1.29 is 14.7 Å². The molecule has 96 valence electrons. The average Bonchev–Trinajstić information content (AvgIpc) is 2.39. The van der Waals surface area contributed by atoms with Crippen LogP contribution >= 0.6 is 0 Å².